The van der Waals surface area contributed by atoms with Gasteiger partial charge in [0.25, 0.3) is 0 Å². The molecule has 1 aromatic carbocycles. The van der Waals surface area contributed by atoms with Gasteiger partial charge in [-0.3, -0.25) is 0 Å². The topological polar surface area (TPSA) is 49.8 Å². The minimum atomic E-state index is 0.297. The summed E-state index contributed by atoms with van der Waals surface area (Å²) in [5, 5.41) is 8.05. The molecule has 0 radical (unpaired) electrons. The molecular formula is C16H21IN4. The summed E-state index contributed by atoms with van der Waals surface area (Å²) in [6.45, 7) is 2.09. The zero-order chi connectivity index (χ0) is 14.7. The molecule has 3 rings (SSSR count). The van der Waals surface area contributed by atoms with Gasteiger partial charge < -0.3 is 10.6 Å². The molecule has 1 atom stereocenters. The van der Waals surface area contributed by atoms with Gasteiger partial charge in [-0.15, -0.1) is 0 Å². The molecule has 112 valence electrons. The van der Waals surface area contributed by atoms with Crippen LogP contribution in [0.2, 0.25) is 0 Å². The lowest BCUT2D eigenvalue weighted by atomic mass is 9.95. The Bertz CT molecular complexity index is 608. The molecule has 5 heteroatoms. The van der Waals surface area contributed by atoms with Crippen LogP contribution in [-0.2, 0) is 0 Å². The minimum absolute atomic E-state index is 0.297. The standard InChI is InChI=1S/C16H21IN4/c1-11(17)18-16-20-14-10-6-5-9-13(14)15(21-16)19-12-7-3-2-4-8-12/h5-6,9-12H,2-4,7-8H2,1H3,(H2,18,19,20,21). The van der Waals surface area contributed by atoms with Gasteiger partial charge in [0.1, 0.15) is 5.82 Å². The smallest absolute Gasteiger partial charge is 0.226 e. The van der Waals surface area contributed by atoms with E-state index >= 15 is 0 Å². The molecule has 0 saturated heterocycles. The molecule has 4 nitrogen and oxygen atoms in total. The van der Waals surface area contributed by atoms with E-state index in [2.05, 4.69) is 51.2 Å². The Morgan fingerprint density at radius 3 is 2.67 bits per heavy atom. The molecule has 0 amide bonds. The van der Waals surface area contributed by atoms with Crippen LogP contribution in [-0.4, -0.2) is 20.1 Å². The van der Waals surface area contributed by atoms with Crippen LogP contribution in [0.3, 0.4) is 0 Å². The van der Waals surface area contributed by atoms with Gasteiger partial charge in [-0.2, -0.15) is 4.98 Å². The number of hydrogen-bond acceptors (Lipinski definition) is 4. The summed E-state index contributed by atoms with van der Waals surface area (Å²) < 4.78 is 0.297. The zero-order valence-electron chi connectivity index (χ0n) is 12.3. The summed E-state index contributed by atoms with van der Waals surface area (Å²) >= 11 is 2.33. The van der Waals surface area contributed by atoms with Crippen molar-refractivity contribution in [2.45, 2.75) is 49.1 Å². The maximum Gasteiger partial charge on any atom is 0.226 e. The molecule has 1 aromatic heterocycles. The number of benzene rings is 1. The van der Waals surface area contributed by atoms with E-state index in [0.29, 0.717) is 16.0 Å². The second-order valence-corrected chi connectivity index (χ2v) is 7.52. The highest BCUT2D eigenvalue weighted by Gasteiger charge is 2.16. The fourth-order valence-corrected chi connectivity index (χ4v) is 3.15. The zero-order valence-corrected chi connectivity index (χ0v) is 14.4. The van der Waals surface area contributed by atoms with Crippen molar-refractivity contribution in [2.75, 3.05) is 10.6 Å². The Labute approximate surface area is 139 Å². The van der Waals surface area contributed by atoms with Gasteiger partial charge in [-0.05, 0) is 31.9 Å². The van der Waals surface area contributed by atoms with Gasteiger partial charge in [-0.25, -0.2) is 4.98 Å². The molecule has 1 heterocycles. The third-order valence-electron chi connectivity index (χ3n) is 3.88. The minimum Gasteiger partial charge on any atom is -0.367 e. The quantitative estimate of drug-likeness (QED) is 0.452. The maximum atomic E-state index is 4.70. The lowest BCUT2D eigenvalue weighted by Crippen LogP contribution is -2.23. The molecule has 1 saturated carbocycles. The number of hydrogen-bond donors (Lipinski definition) is 2. The first-order chi connectivity index (χ1) is 10.2. The number of nitrogens with one attached hydrogen (secondary N) is 2. The van der Waals surface area contributed by atoms with Crippen molar-refractivity contribution >= 4 is 45.3 Å². The third-order valence-corrected chi connectivity index (χ3v) is 4.19. The molecule has 21 heavy (non-hydrogen) atoms. The van der Waals surface area contributed by atoms with Gasteiger partial charge >= 0.3 is 0 Å². The summed E-state index contributed by atoms with van der Waals surface area (Å²) in [5.74, 6) is 1.67. The van der Waals surface area contributed by atoms with Crippen LogP contribution in [0.1, 0.15) is 39.0 Å². The Hall–Kier alpha value is -1.11. The Morgan fingerprint density at radius 2 is 1.90 bits per heavy atom. The van der Waals surface area contributed by atoms with Crippen LogP contribution in [0.4, 0.5) is 11.8 Å². The summed E-state index contributed by atoms with van der Waals surface area (Å²) in [6, 6.07) is 8.76. The Kier molecular flexibility index (Phi) is 4.77. The maximum absolute atomic E-state index is 4.70. The highest BCUT2D eigenvalue weighted by atomic mass is 127. The molecule has 0 bridgehead atoms. The SMILES string of the molecule is CC(I)Nc1nc(NC2CCCCC2)c2ccccc2n1. The van der Waals surface area contributed by atoms with E-state index in [4.69, 9.17) is 4.98 Å². The average molecular weight is 396 g/mol. The largest absolute Gasteiger partial charge is 0.367 e. The molecule has 2 N–H and O–H groups in total. The van der Waals surface area contributed by atoms with E-state index in [9.17, 15) is 0 Å². The van der Waals surface area contributed by atoms with E-state index in [1.807, 2.05) is 18.2 Å². The van der Waals surface area contributed by atoms with Crippen molar-refractivity contribution in [2.24, 2.45) is 0 Å². The molecule has 0 aliphatic heterocycles. The average Bonchev–Trinajstić information content (AvgIpc) is 2.47. The molecule has 1 aliphatic carbocycles. The van der Waals surface area contributed by atoms with Crippen molar-refractivity contribution in [3.8, 4) is 0 Å². The highest BCUT2D eigenvalue weighted by molar-refractivity contribution is 14.1. The first-order valence-corrected chi connectivity index (χ1v) is 8.91. The lowest BCUT2D eigenvalue weighted by molar-refractivity contribution is 0.462. The predicted octanol–water partition coefficient (Wildman–Crippen LogP) is 4.57. The van der Waals surface area contributed by atoms with Crippen LogP contribution in [0.15, 0.2) is 24.3 Å². The molecule has 0 spiro atoms. The molecule has 1 unspecified atom stereocenters. The number of halogens is 1. The van der Waals surface area contributed by atoms with Crippen molar-refractivity contribution < 1.29 is 0 Å². The normalized spacial score (nSPS) is 17.6. The number of anilines is 2. The van der Waals surface area contributed by atoms with Crippen LogP contribution in [0.25, 0.3) is 10.9 Å². The summed E-state index contributed by atoms with van der Waals surface area (Å²) in [5.41, 5.74) is 0.991. The summed E-state index contributed by atoms with van der Waals surface area (Å²) in [7, 11) is 0. The lowest BCUT2D eigenvalue weighted by Gasteiger charge is -2.24. The Morgan fingerprint density at radius 1 is 1.14 bits per heavy atom. The van der Waals surface area contributed by atoms with Gasteiger partial charge in [0.2, 0.25) is 5.95 Å². The van der Waals surface area contributed by atoms with E-state index < -0.39 is 0 Å². The second kappa shape index (κ2) is 6.77. The number of rotatable bonds is 4. The van der Waals surface area contributed by atoms with E-state index in [-0.39, 0.29) is 0 Å². The predicted molar refractivity (Wildman–Crippen MR) is 97.1 cm³/mol. The van der Waals surface area contributed by atoms with Crippen LogP contribution in [0, 0.1) is 0 Å². The highest BCUT2D eigenvalue weighted by Crippen LogP contribution is 2.26. The number of para-hydroxylation sites is 1. The fourth-order valence-electron chi connectivity index (χ4n) is 2.87. The summed E-state index contributed by atoms with van der Waals surface area (Å²) in [4.78, 5) is 9.30. The van der Waals surface area contributed by atoms with Crippen molar-refractivity contribution in [1.29, 1.82) is 0 Å². The second-order valence-electron chi connectivity index (χ2n) is 5.65. The fraction of sp³-hybridized carbons (Fsp3) is 0.500. The van der Waals surface area contributed by atoms with E-state index in [0.717, 1.165) is 16.7 Å². The van der Waals surface area contributed by atoms with Crippen molar-refractivity contribution in [3.63, 3.8) is 0 Å². The molecule has 2 aromatic rings. The van der Waals surface area contributed by atoms with Crippen LogP contribution < -0.4 is 10.6 Å². The van der Waals surface area contributed by atoms with E-state index in [1.54, 1.807) is 0 Å². The monoisotopic (exact) mass is 396 g/mol. The number of alkyl halides is 1. The van der Waals surface area contributed by atoms with Crippen molar-refractivity contribution in [3.05, 3.63) is 24.3 Å². The first kappa shape index (κ1) is 14.8. The number of fused-ring (bicyclic) bond motifs is 1. The third kappa shape index (κ3) is 3.75. The van der Waals surface area contributed by atoms with E-state index in [1.165, 1.54) is 32.1 Å². The molecule has 1 fully saturated rings. The van der Waals surface area contributed by atoms with Crippen LogP contribution >= 0.6 is 22.6 Å². The van der Waals surface area contributed by atoms with Gasteiger partial charge in [0, 0.05) is 11.4 Å². The van der Waals surface area contributed by atoms with Crippen LogP contribution in [0.5, 0.6) is 0 Å². The number of nitrogens with zero attached hydrogens (tertiary/aromatic N) is 2. The first-order valence-electron chi connectivity index (χ1n) is 7.66. The van der Waals surface area contributed by atoms with Crippen molar-refractivity contribution in [1.82, 2.24) is 9.97 Å². The number of aromatic nitrogens is 2. The van der Waals surface area contributed by atoms with Gasteiger partial charge in [-0.1, -0.05) is 54.0 Å². The Balaban J connectivity index is 1.93. The van der Waals surface area contributed by atoms with Gasteiger partial charge in [0.05, 0.1) is 9.57 Å². The molecule has 1 aliphatic rings. The van der Waals surface area contributed by atoms with Gasteiger partial charge in [0.15, 0.2) is 0 Å². The molecular weight excluding hydrogens is 375 g/mol. The summed E-state index contributed by atoms with van der Waals surface area (Å²) in [6.07, 6.45) is 6.47.